The van der Waals surface area contributed by atoms with Gasteiger partial charge in [0.2, 0.25) is 5.91 Å². The highest BCUT2D eigenvalue weighted by molar-refractivity contribution is 7.91. The van der Waals surface area contributed by atoms with Crippen molar-refractivity contribution < 1.29 is 29.1 Å². The van der Waals surface area contributed by atoms with E-state index in [9.17, 15) is 29.1 Å². The van der Waals surface area contributed by atoms with E-state index in [0.717, 1.165) is 0 Å². The fourth-order valence-corrected chi connectivity index (χ4v) is 4.46. The number of urea groups is 1. The lowest BCUT2D eigenvalue weighted by molar-refractivity contribution is -0.161. The van der Waals surface area contributed by atoms with Crippen molar-refractivity contribution >= 4 is 29.1 Å². The van der Waals surface area contributed by atoms with E-state index in [1.54, 1.807) is 0 Å². The molecule has 10 heteroatoms. The molecule has 5 N–H and O–H groups in total. The molecule has 2 heterocycles. The molecule has 2 aliphatic rings. The lowest BCUT2D eigenvalue weighted by Crippen LogP contribution is -2.61. The summed E-state index contributed by atoms with van der Waals surface area (Å²) in [6.07, 6.45) is -0.0829. The fourth-order valence-electron chi connectivity index (χ4n) is 3.20. The monoisotopic (exact) mass is 359 g/mol. The summed E-state index contributed by atoms with van der Waals surface area (Å²) in [4.78, 5) is 35.2. The number of carbonyl (C=O) groups is 3. The first-order valence-corrected chi connectivity index (χ1v) is 9.07. The van der Waals surface area contributed by atoms with Gasteiger partial charge in [-0.1, -0.05) is 0 Å². The largest absolute Gasteiger partial charge is 0.616 e. The summed E-state index contributed by atoms with van der Waals surface area (Å²) in [6, 6.07) is -1.02. The molecule has 1 saturated heterocycles. The normalized spacial score (nSPS) is 25.1. The van der Waals surface area contributed by atoms with Gasteiger partial charge in [0.15, 0.2) is 0 Å². The molecule has 0 bridgehead atoms. The molecular formula is C14H21N3O6S. The lowest BCUT2D eigenvalue weighted by Gasteiger charge is -2.44. The third-order valence-electron chi connectivity index (χ3n) is 4.21. The van der Waals surface area contributed by atoms with E-state index in [1.807, 2.05) is 0 Å². The number of nitrogens with zero attached hydrogens (tertiary/aromatic N) is 1. The minimum atomic E-state index is -1.31. The van der Waals surface area contributed by atoms with Gasteiger partial charge in [0.05, 0.1) is 18.1 Å². The van der Waals surface area contributed by atoms with Crippen molar-refractivity contribution in [3.8, 4) is 0 Å². The minimum absolute atomic E-state index is 0.0605. The summed E-state index contributed by atoms with van der Waals surface area (Å²) < 4.78 is 12.1. The first-order chi connectivity index (χ1) is 11.2. The number of rotatable bonds is 8. The second-order valence-electron chi connectivity index (χ2n) is 5.94. The number of amides is 3. The van der Waals surface area contributed by atoms with E-state index < -0.39 is 41.1 Å². The molecule has 3 amide bonds. The van der Waals surface area contributed by atoms with Crippen LogP contribution in [-0.2, 0) is 20.8 Å². The number of primary amides is 1. The molecule has 0 saturated carbocycles. The highest BCUT2D eigenvalue weighted by Gasteiger charge is 2.57. The maximum absolute atomic E-state index is 12.1. The van der Waals surface area contributed by atoms with Crippen molar-refractivity contribution in [1.82, 2.24) is 10.2 Å². The van der Waals surface area contributed by atoms with Crippen LogP contribution >= 0.6 is 0 Å². The number of hydrogen-bond donors (Lipinski definition) is 4. The molecule has 0 aliphatic carbocycles. The fraction of sp³-hybridized carbons (Fsp3) is 0.643. The van der Waals surface area contributed by atoms with Gasteiger partial charge in [-0.25, -0.2) is 9.59 Å². The highest BCUT2D eigenvalue weighted by Crippen LogP contribution is 2.43. The van der Waals surface area contributed by atoms with Crippen molar-refractivity contribution in [2.45, 2.75) is 31.9 Å². The van der Waals surface area contributed by atoms with Crippen molar-refractivity contribution in [1.29, 1.82) is 0 Å². The van der Waals surface area contributed by atoms with Crippen LogP contribution in [0.1, 0.15) is 19.8 Å². The van der Waals surface area contributed by atoms with Gasteiger partial charge < -0.3 is 30.7 Å². The Morgan fingerprint density at radius 2 is 2.21 bits per heavy atom. The number of hydrogen-bond acceptors (Lipinski definition) is 5. The Morgan fingerprint density at radius 3 is 2.75 bits per heavy atom. The molecule has 0 spiro atoms. The number of carboxylic acids is 1. The van der Waals surface area contributed by atoms with Crippen molar-refractivity contribution in [3.63, 3.8) is 0 Å². The quantitative estimate of drug-likeness (QED) is 0.241. The second-order valence-corrected chi connectivity index (χ2v) is 7.51. The van der Waals surface area contributed by atoms with Gasteiger partial charge in [-0.3, -0.25) is 4.79 Å². The summed E-state index contributed by atoms with van der Waals surface area (Å²) in [6.45, 7) is 1.80. The number of fused-ring (bicyclic) bond motifs is 1. The molecular weight excluding hydrogens is 338 g/mol. The minimum Gasteiger partial charge on any atom is -0.616 e. The summed E-state index contributed by atoms with van der Waals surface area (Å²) in [5.41, 5.74) is 5.28. The average molecular weight is 359 g/mol. The predicted octanol–water partition coefficient (Wildman–Crippen LogP) is -1.26. The van der Waals surface area contributed by atoms with Crippen molar-refractivity contribution in [2.24, 2.45) is 11.7 Å². The number of nitrogens with one attached hydrogen (secondary N) is 1. The second kappa shape index (κ2) is 7.41. The highest BCUT2D eigenvalue weighted by atomic mass is 32.2. The third kappa shape index (κ3) is 3.65. The summed E-state index contributed by atoms with van der Waals surface area (Å²) >= 11 is -1.31. The Bertz CT molecular complexity index is 579. The van der Waals surface area contributed by atoms with Gasteiger partial charge in [-0.05, 0) is 24.5 Å². The van der Waals surface area contributed by atoms with Crippen LogP contribution < -0.4 is 11.1 Å². The van der Waals surface area contributed by atoms with E-state index >= 15 is 0 Å². The number of aliphatic carboxylic acids is 1. The summed E-state index contributed by atoms with van der Waals surface area (Å²) in [7, 11) is 0. The van der Waals surface area contributed by atoms with Crippen LogP contribution in [0.2, 0.25) is 0 Å². The maximum Gasteiger partial charge on any atom is 0.352 e. The van der Waals surface area contributed by atoms with Crippen LogP contribution in [0.25, 0.3) is 0 Å². The van der Waals surface area contributed by atoms with Gasteiger partial charge in [-0.15, -0.1) is 0 Å². The molecule has 0 radical (unpaired) electrons. The third-order valence-corrected chi connectivity index (χ3v) is 5.62. The van der Waals surface area contributed by atoms with Crippen LogP contribution in [0.3, 0.4) is 0 Å². The SMILES string of the molecule is CC(O)C1C(=O)N2C(C(=O)O)=C(C[S+]([O-])CCCNC(N)=O)CC12. The van der Waals surface area contributed by atoms with Crippen LogP contribution in [0.15, 0.2) is 11.3 Å². The Hall–Kier alpha value is -1.78. The number of carboxylic acid groups (broad SMARTS) is 1. The van der Waals surface area contributed by atoms with E-state index in [1.165, 1.54) is 11.8 Å². The molecule has 0 aromatic carbocycles. The molecule has 4 unspecified atom stereocenters. The Kier molecular flexibility index (Phi) is 5.73. The molecule has 2 rings (SSSR count). The standard InChI is InChI=1S/C14H21N3O6S/c1-7(18)10-9-5-8(11(13(20)21)17(9)12(10)19)6-24(23)4-2-3-16-14(15)22/h7,9-10,18H,2-6H2,1H3,(H,20,21)(H3,15,16,22). The zero-order valence-electron chi connectivity index (χ0n) is 13.2. The van der Waals surface area contributed by atoms with Crippen molar-refractivity contribution in [3.05, 3.63) is 11.3 Å². The molecule has 4 atom stereocenters. The zero-order valence-corrected chi connectivity index (χ0v) is 14.0. The summed E-state index contributed by atoms with van der Waals surface area (Å²) in [5.74, 6) is -1.89. The lowest BCUT2D eigenvalue weighted by atomic mass is 9.83. The number of nitrogens with two attached hydrogens (primary N) is 1. The Morgan fingerprint density at radius 1 is 1.54 bits per heavy atom. The first-order valence-electron chi connectivity index (χ1n) is 7.58. The van der Waals surface area contributed by atoms with Gasteiger partial charge in [-0.2, -0.15) is 0 Å². The van der Waals surface area contributed by atoms with Crippen LogP contribution in [-0.4, -0.2) is 67.8 Å². The molecule has 9 nitrogen and oxygen atoms in total. The number of β-lactam (4-membered cyclic amide) rings is 1. The van der Waals surface area contributed by atoms with Gasteiger partial charge in [0, 0.05) is 18.5 Å². The van der Waals surface area contributed by atoms with Gasteiger partial charge >= 0.3 is 12.0 Å². The number of aliphatic hydroxyl groups excluding tert-OH is 1. The zero-order chi connectivity index (χ0) is 18.0. The van der Waals surface area contributed by atoms with E-state index in [-0.39, 0.29) is 23.2 Å². The molecule has 24 heavy (non-hydrogen) atoms. The molecule has 0 aromatic heterocycles. The van der Waals surface area contributed by atoms with E-state index in [0.29, 0.717) is 25.0 Å². The smallest absolute Gasteiger partial charge is 0.352 e. The molecule has 134 valence electrons. The Labute approximate surface area is 142 Å². The first kappa shape index (κ1) is 18.6. The molecule has 2 aliphatic heterocycles. The van der Waals surface area contributed by atoms with Gasteiger partial charge in [0.25, 0.3) is 0 Å². The number of aliphatic hydroxyl groups is 1. The maximum atomic E-state index is 12.1. The Balaban J connectivity index is 1.97. The van der Waals surface area contributed by atoms with Crippen LogP contribution in [0.4, 0.5) is 4.79 Å². The molecule has 0 aromatic rings. The topological polar surface area (TPSA) is 156 Å². The number of carbonyl (C=O) groups excluding carboxylic acids is 2. The van der Waals surface area contributed by atoms with Crippen LogP contribution in [0, 0.1) is 5.92 Å². The van der Waals surface area contributed by atoms with E-state index in [4.69, 9.17) is 5.73 Å². The van der Waals surface area contributed by atoms with Crippen LogP contribution in [0.5, 0.6) is 0 Å². The van der Waals surface area contributed by atoms with Crippen molar-refractivity contribution in [2.75, 3.05) is 18.1 Å². The summed E-state index contributed by atoms with van der Waals surface area (Å²) in [5, 5.41) is 21.4. The van der Waals surface area contributed by atoms with E-state index in [2.05, 4.69) is 5.32 Å². The average Bonchev–Trinajstić information content (AvgIpc) is 2.77. The molecule has 1 fully saturated rings. The van der Waals surface area contributed by atoms with Gasteiger partial charge in [0.1, 0.15) is 17.2 Å². The predicted molar refractivity (Wildman–Crippen MR) is 85.2 cm³/mol.